The van der Waals surface area contributed by atoms with Crippen molar-refractivity contribution in [1.82, 2.24) is 5.32 Å². The Bertz CT molecular complexity index is 885. The number of unbranched alkanes of at least 4 members (excludes halogenated alkanes) is 12. The normalized spacial score (nSPS) is 12.0. The SMILES string of the molecule is CCCCCCCC/C=C\CCCCCCCC[Se]C[C@H](N)C(=O)NCc1ccc(O)c(OC)c1.O=C(O)C(F)(F)F. The van der Waals surface area contributed by atoms with Gasteiger partial charge >= 0.3 is 194 Å². The third-order valence-corrected chi connectivity index (χ3v) is 8.85. The maximum atomic E-state index is 12.2. The van der Waals surface area contributed by atoms with Gasteiger partial charge in [0.15, 0.2) is 0 Å². The van der Waals surface area contributed by atoms with E-state index in [9.17, 15) is 23.1 Å². The van der Waals surface area contributed by atoms with Gasteiger partial charge in [-0.1, -0.05) is 39.0 Å². The van der Waals surface area contributed by atoms with Crippen LogP contribution in [-0.2, 0) is 16.1 Å². The maximum absolute atomic E-state index is 12.2. The van der Waals surface area contributed by atoms with Gasteiger partial charge in [-0.25, -0.2) is 4.79 Å². The first kappa shape index (κ1) is 39.8. The fourth-order valence-corrected chi connectivity index (χ4v) is 5.95. The standard InChI is InChI=1S/C29H50N2O3Se.C2HF3O2/c1-3-4-5-6-7-8-9-10-11-12-13-14-15-16-17-18-21-35-24-26(30)29(33)31-23-25-19-20-27(32)28(22-25)34-2;3-2(4,5)1(6)7/h10-11,19-20,22,26,32H,3-9,12-18,21,23-24,30H2,1-2H3,(H,31,33);(H,6,7)/b11-10-;/t26-;/m0./s1. The summed E-state index contributed by atoms with van der Waals surface area (Å²) in [6.07, 6.45) is 18.3. The number of aliphatic carboxylic acids is 1. The average molecular weight is 668 g/mol. The van der Waals surface area contributed by atoms with Crippen LogP contribution in [0.4, 0.5) is 13.2 Å². The van der Waals surface area contributed by atoms with Crippen molar-refractivity contribution in [2.45, 2.75) is 126 Å². The Morgan fingerprint density at radius 2 is 1.50 bits per heavy atom. The molecule has 42 heavy (non-hydrogen) atoms. The fraction of sp³-hybridized carbons (Fsp3) is 0.677. The molecule has 1 aromatic rings. The summed E-state index contributed by atoms with van der Waals surface area (Å²) >= 11 is 0.416. The van der Waals surface area contributed by atoms with Gasteiger partial charge in [-0.15, -0.1) is 0 Å². The van der Waals surface area contributed by atoms with Crippen LogP contribution in [0.15, 0.2) is 30.4 Å². The molecule has 0 fully saturated rings. The van der Waals surface area contributed by atoms with E-state index in [1.54, 1.807) is 18.2 Å². The smallest absolute Gasteiger partial charge is 0.475 e. The van der Waals surface area contributed by atoms with E-state index in [1.165, 1.54) is 102 Å². The molecule has 0 radical (unpaired) electrons. The Labute approximate surface area is 256 Å². The summed E-state index contributed by atoms with van der Waals surface area (Å²) < 4.78 is 36.8. The quantitative estimate of drug-likeness (QED) is 0.0576. The molecule has 0 aromatic heterocycles. The van der Waals surface area contributed by atoms with Crippen molar-refractivity contribution < 1.29 is 37.7 Å². The number of hydrogen-bond donors (Lipinski definition) is 4. The number of carbonyl (C=O) groups excluding carboxylic acids is 1. The minimum atomic E-state index is -5.08. The van der Waals surface area contributed by atoms with E-state index < -0.39 is 18.2 Å². The number of aromatic hydroxyl groups is 1. The van der Waals surface area contributed by atoms with E-state index >= 15 is 0 Å². The molecule has 0 aliphatic rings. The van der Waals surface area contributed by atoms with Gasteiger partial charge in [0.2, 0.25) is 0 Å². The summed E-state index contributed by atoms with van der Waals surface area (Å²) in [5, 5.41) is 21.6. The molecule has 5 N–H and O–H groups in total. The number of phenolic OH excluding ortho intramolecular Hbond substituents is 1. The third-order valence-electron chi connectivity index (χ3n) is 6.39. The van der Waals surface area contributed by atoms with Crippen molar-refractivity contribution in [1.29, 1.82) is 0 Å². The Balaban J connectivity index is 0.00000212. The summed E-state index contributed by atoms with van der Waals surface area (Å²) in [5.74, 6) is -2.37. The van der Waals surface area contributed by atoms with Crippen LogP contribution in [0, 0.1) is 0 Å². The number of halogens is 3. The molecule has 1 rings (SSSR count). The van der Waals surface area contributed by atoms with Crippen molar-refractivity contribution in [2.24, 2.45) is 5.73 Å². The molecule has 0 spiro atoms. The van der Waals surface area contributed by atoms with E-state index in [4.69, 9.17) is 20.4 Å². The fourth-order valence-electron chi connectivity index (χ4n) is 3.89. The molecule has 242 valence electrons. The van der Waals surface area contributed by atoms with Crippen LogP contribution >= 0.6 is 0 Å². The van der Waals surface area contributed by atoms with E-state index in [0.717, 1.165) is 10.9 Å². The number of amides is 1. The zero-order valence-electron chi connectivity index (χ0n) is 25.2. The van der Waals surface area contributed by atoms with Crippen LogP contribution in [0.25, 0.3) is 0 Å². The third kappa shape index (κ3) is 22.4. The maximum Gasteiger partial charge on any atom is 0.490 e. The van der Waals surface area contributed by atoms with Crippen LogP contribution in [-0.4, -0.2) is 56.4 Å². The number of rotatable bonds is 22. The summed E-state index contributed by atoms with van der Waals surface area (Å²) in [6.45, 7) is 2.65. The van der Waals surface area contributed by atoms with Gasteiger partial charge in [0.1, 0.15) is 0 Å². The number of alkyl halides is 3. The molecule has 0 aliphatic heterocycles. The second kappa shape index (κ2) is 25.3. The zero-order valence-corrected chi connectivity index (χ0v) is 26.9. The largest absolute Gasteiger partial charge is 0.490 e. The molecular formula is C31H51F3N2O5Se. The second-order valence-corrected chi connectivity index (χ2v) is 12.6. The number of carbonyl (C=O) groups is 2. The average Bonchev–Trinajstić information content (AvgIpc) is 2.95. The number of benzene rings is 1. The molecular weight excluding hydrogens is 616 g/mol. The minimum absolute atomic E-state index is 0.0909. The molecule has 7 nitrogen and oxygen atoms in total. The number of allylic oxidation sites excluding steroid dienone is 2. The van der Waals surface area contributed by atoms with Crippen LogP contribution in [0.5, 0.6) is 11.5 Å². The molecule has 1 amide bonds. The number of hydrogen-bond acceptors (Lipinski definition) is 5. The van der Waals surface area contributed by atoms with E-state index in [1.807, 2.05) is 0 Å². The number of nitrogens with two attached hydrogens (primary N) is 1. The predicted molar refractivity (Wildman–Crippen MR) is 163 cm³/mol. The van der Waals surface area contributed by atoms with Crippen LogP contribution < -0.4 is 15.8 Å². The Kier molecular flexibility index (Phi) is 23.9. The van der Waals surface area contributed by atoms with E-state index in [2.05, 4.69) is 24.4 Å². The van der Waals surface area contributed by atoms with Gasteiger partial charge in [-0.05, 0) is 0 Å². The van der Waals surface area contributed by atoms with Crippen LogP contribution in [0.2, 0.25) is 10.6 Å². The summed E-state index contributed by atoms with van der Waals surface area (Å²) in [4.78, 5) is 21.1. The molecule has 1 aromatic carbocycles. The van der Waals surface area contributed by atoms with Crippen molar-refractivity contribution in [2.75, 3.05) is 7.11 Å². The molecule has 0 bridgehead atoms. The number of carboxylic acids is 1. The minimum Gasteiger partial charge on any atom is -0.475 e. The summed E-state index contributed by atoms with van der Waals surface area (Å²) in [5.41, 5.74) is 6.94. The number of methoxy groups -OCH3 is 1. The Morgan fingerprint density at radius 1 is 0.976 bits per heavy atom. The van der Waals surface area contributed by atoms with E-state index in [0.29, 0.717) is 27.3 Å². The van der Waals surface area contributed by atoms with Gasteiger partial charge in [0, 0.05) is 0 Å². The number of ether oxygens (including phenoxy) is 1. The molecule has 0 unspecified atom stereocenters. The van der Waals surface area contributed by atoms with Crippen molar-refractivity contribution in [3.05, 3.63) is 35.9 Å². The Morgan fingerprint density at radius 3 is 2.02 bits per heavy atom. The van der Waals surface area contributed by atoms with Crippen molar-refractivity contribution in [3.63, 3.8) is 0 Å². The molecule has 1 atom stereocenters. The van der Waals surface area contributed by atoms with Gasteiger partial charge in [-0.3, -0.25) is 0 Å². The number of nitrogens with one attached hydrogen (secondary N) is 1. The Hall–Kier alpha value is -2.23. The molecule has 11 heteroatoms. The first-order valence-electron chi connectivity index (χ1n) is 14.9. The summed E-state index contributed by atoms with van der Waals surface area (Å²) in [7, 11) is 1.51. The first-order valence-corrected chi connectivity index (χ1v) is 17.4. The van der Waals surface area contributed by atoms with Crippen LogP contribution in [0.1, 0.15) is 102 Å². The first-order chi connectivity index (χ1) is 20.0. The molecule has 0 heterocycles. The number of phenols is 1. The summed E-state index contributed by atoms with van der Waals surface area (Å²) in [6, 6.07) is 4.61. The van der Waals surface area contributed by atoms with Gasteiger partial charge < -0.3 is 5.11 Å². The molecule has 0 aliphatic carbocycles. The van der Waals surface area contributed by atoms with Gasteiger partial charge in [0.05, 0.1) is 0 Å². The van der Waals surface area contributed by atoms with Crippen molar-refractivity contribution in [3.8, 4) is 11.5 Å². The zero-order chi connectivity index (χ0) is 31.6. The van der Waals surface area contributed by atoms with E-state index in [-0.39, 0.29) is 11.7 Å². The predicted octanol–water partition coefficient (Wildman–Crippen LogP) is 7.56. The van der Waals surface area contributed by atoms with Crippen molar-refractivity contribution >= 4 is 26.8 Å². The number of carboxylic acid groups (broad SMARTS) is 1. The topological polar surface area (TPSA) is 122 Å². The van der Waals surface area contributed by atoms with Gasteiger partial charge in [-0.2, -0.15) is 13.2 Å². The molecule has 0 saturated carbocycles. The molecule has 0 saturated heterocycles. The van der Waals surface area contributed by atoms with Crippen LogP contribution in [0.3, 0.4) is 0 Å². The monoisotopic (exact) mass is 668 g/mol. The second-order valence-electron chi connectivity index (χ2n) is 10.1. The van der Waals surface area contributed by atoms with Gasteiger partial charge in [0.25, 0.3) is 0 Å².